The van der Waals surface area contributed by atoms with Crippen LogP contribution < -0.4 is 10.5 Å². The Balaban J connectivity index is 0.00000180. The van der Waals surface area contributed by atoms with Gasteiger partial charge in [-0.1, -0.05) is 11.6 Å². The third-order valence-corrected chi connectivity index (χ3v) is 5.29. The first kappa shape index (κ1) is 16.5. The van der Waals surface area contributed by atoms with Gasteiger partial charge in [0.25, 0.3) is 0 Å². The van der Waals surface area contributed by atoms with E-state index >= 15 is 0 Å². The molecule has 0 radical (unpaired) electrons. The molecule has 1 fully saturated rings. The van der Waals surface area contributed by atoms with Gasteiger partial charge in [-0.25, -0.2) is 8.42 Å². The summed E-state index contributed by atoms with van der Waals surface area (Å²) < 4.78 is 31.2. The fourth-order valence-corrected chi connectivity index (χ4v) is 3.92. The van der Waals surface area contributed by atoms with E-state index in [1.165, 1.54) is 23.5 Å². The van der Waals surface area contributed by atoms with Crippen molar-refractivity contribution >= 4 is 34.0 Å². The predicted molar refractivity (Wildman–Crippen MR) is 76.6 cm³/mol. The van der Waals surface area contributed by atoms with Crippen molar-refractivity contribution in [1.82, 2.24) is 4.31 Å². The Kier molecular flexibility index (Phi) is 5.46. The van der Waals surface area contributed by atoms with E-state index in [0.717, 1.165) is 0 Å². The van der Waals surface area contributed by atoms with Crippen LogP contribution in [-0.2, 0) is 10.0 Å². The van der Waals surface area contributed by atoms with Crippen molar-refractivity contribution in [2.75, 3.05) is 20.2 Å². The molecule has 0 bridgehead atoms. The summed E-state index contributed by atoms with van der Waals surface area (Å²) in [5.74, 6) is 0.460. The molecule has 1 aromatic rings. The predicted octanol–water partition coefficient (Wildman–Crippen LogP) is 1.49. The molecule has 108 valence electrons. The molecule has 0 aromatic heterocycles. The Morgan fingerprint density at radius 1 is 1.47 bits per heavy atom. The van der Waals surface area contributed by atoms with E-state index in [9.17, 15) is 8.42 Å². The zero-order chi connectivity index (χ0) is 13.3. The first-order chi connectivity index (χ1) is 8.45. The third kappa shape index (κ3) is 3.32. The van der Waals surface area contributed by atoms with Crippen LogP contribution in [0.4, 0.5) is 0 Å². The van der Waals surface area contributed by atoms with E-state index in [2.05, 4.69) is 0 Å². The highest BCUT2D eigenvalue weighted by Crippen LogP contribution is 2.30. The summed E-state index contributed by atoms with van der Waals surface area (Å²) in [5.41, 5.74) is 5.73. The number of sulfonamides is 1. The van der Waals surface area contributed by atoms with Gasteiger partial charge in [0, 0.05) is 25.2 Å². The van der Waals surface area contributed by atoms with E-state index < -0.39 is 10.0 Å². The lowest BCUT2D eigenvalue weighted by Crippen LogP contribution is -2.32. The Morgan fingerprint density at radius 2 is 2.16 bits per heavy atom. The summed E-state index contributed by atoms with van der Waals surface area (Å²) in [4.78, 5) is 0.0672. The van der Waals surface area contributed by atoms with Crippen LogP contribution >= 0.6 is 24.0 Å². The summed E-state index contributed by atoms with van der Waals surface area (Å²) in [6.07, 6.45) is 0.667. The van der Waals surface area contributed by atoms with Crippen LogP contribution in [-0.4, -0.2) is 39.0 Å². The van der Waals surface area contributed by atoms with E-state index in [4.69, 9.17) is 22.1 Å². The summed E-state index contributed by atoms with van der Waals surface area (Å²) in [6.45, 7) is 0.757. The lowest BCUT2D eigenvalue weighted by Gasteiger charge is -2.17. The Morgan fingerprint density at radius 3 is 2.68 bits per heavy atom. The van der Waals surface area contributed by atoms with Crippen LogP contribution in [0.15, 0.2) is 23.1 Å². The quantitative estimate of drug-likeness (QED) is 0.913. The minimum atomic E-state index is -3.59. The molecular formula is C11H16Cl2N2O3S. The molecule has 19 heavy (non-hydrogen) atoms. The Hall–Kier alpha value is -0.530. The molecule has 1 saturated heterocycles. The summed E-state index contributed by atoms with van der Waals surface area (Å²) >= 11 is 5.96. The van der Waals surface area contributed by atoms with Crippen LogP contribution in [0.25, 0.3) is 0 Å². The number of halogens is 2. The topological polar surface area (TPSA) is 72.6 Å². The highest BCUT2D eigenvalue weighted by Gasteiger charge is 2.32. The Labute approximate surface area is 124 Å². The van der Waals surface area contributed by atoms with E-state index in [1.807, 2.05) is 0 Å². The van der Waals surface area contributed by atoms with E-state index in [1.54, 1.807) is 6.07 Å². The van der Waals surface area contributed by atoms with Gasteiger partial charge < -0.3 is 10.5 Å². The fourth-order valence-electron chi connectivity index (χ4n) is 1.92. The number of methoxy groups -OCH3 is 1. The first-order valence-corrected chi connectivity index (χ1v) is 7.36. The molecule has 0 unspecified atom stereocenters. The SMILES string of the molecule is COc1ccc(Cl)c(S(=O)(=O)N2CC[C@@H](N)C2)c1.Cl. The maximum Gasteiger partial charge on any atom is 0.244 e. The number of rotatable bonds is 3. The zero-order valence-corrected chi connectivity index (χ0v) is 12.8. The summed E-state index contributed by atoms with van der Waals surface area (Å²) in [7, 11) is -2.12. The van der Waals surface area contributed by atoms with Crippen LogP contribution in [0.1, 0.15) is 6.42 Å². The monoisotopic (exact) mass is 326 g/mol. The molecule has 2 N–H and O–H groups in total. The van der Waals surface area contributed by atoms with Crippen molar-refractivity contribution in [3.05, 3.63) is 23.2 Å². The molecule has 0 saturated carbocycles. The van der Waals surface area contributed by atoms with E-state index in [0.29, 0.717) is 25.3 Å². The maximum absolute atomic E-state index is 12.4. The molecule has 1 aliphatic rings. The first-order valence-electron chi connectivity index (χ1n) is 5.54. The van der Waals surface area contributed by atoms with Crippen LogP contribution in [0.2, 0.25) is 5.02 Å². The second kappa shape index (κ2) is 6.28. The maximum atomic E-state index is 12.4. The number of hydrogen-bond donors (Lipinski definition) is 1. The molecule has 1 aliphatic heterocycles. The van der Waals surface area contributed by atoms with Gasteiger partial charge in [-0.15, -0.1) is 12.4 Å². The van der Waals surface area contributed by atoms with E-state index in [-0.39, 0.29) is 28.4 Å². The smallest absolute Gasteiger partial charge is 0.244 e. The largest absolute Gasteiger partial charge is 0.497 e. The number of ether oxygens (including phenoxy) is 1. The number of nitrogens with two attached hydrogens (primary N) is 1. The van der Waals surface area contributed by atoms with Crippen molar-refractivity contribution in [2.45, 2.75) is 17.4 Å². The molecule has 1 aromatic carbocycles. The zero-order valence-electron chi connectivity index (χ0n) is 10.4. The average Bonchev–Trinajstić information content (AvgIpc) is 2.77. The van der Waals surface area contributed by atoms with Crippen molar-refractivity contribution < 1.29 is 13.2 Å². The van der Waals surface area contributed by atoms with Crippen LogP contribution in [0, 0.1) is 0 Å². The number of benzene rings is 1. The molecule has 0 amide bonds. The minimum absolute atomic E-state index is 0. The van der Waals surface area contributed by atoms with Crippen molar-refractivity contribution in [3.63, 3.8) is 0 Å². The fraction of sp³-hybridized carbons (Fsp3) is 0.455. The molecule has 8 heteroatoms. The van der Waals surface area contributed by atoms with Gasteiger partial charge in [-0.2, -0.15) is 4.31 Å². The lowest BCUT2D eigenvalue weighted by molar-refractivity contribution is 0.412. The molecular weight excluding hydrogens is 311 g/mol. The van der Waals surface area contributed by atoms with Gasteiger partial charge in [0.15, 0.2) is 0 Å². The van der Waals surface area contributed by atoms with Gasteiger partial charge in [0.1, 0.15) is 10.6 Å². The van der Waals surface area contributed by atoms with Gasteiger partial charge in [-0.3, -0.25) is 0 Å². The van der Waals surface area contributed by atoms with Gasteiger partial charge in [-0.05, 0) is 18.6 Å². The second-order valence-corrected chi connectivity index (χ2v) is 6.52. The highest BCUT2D eigenvalue weighted by molar-refractivity contribution is 7.89. The molecule has 0 spiro atoms. The second-order valence-electron chi connectivity index (χ2n) is 4.21. The molecule has 1 heterocycles. The third-order valence-electron chi connectivity index (χ3n) is 2.94. The molecule has 2 rings (SSSR count). The average molecular weight is 327 g/mol. The van der Waals surface area contributed by atoms with Crippen LogP contribution in [0.3, 0.4) is 0 Å². The van der Waals surface area contributed by atoms with Gasteiger partial charge >= 0.3 is 0 Å². The Bertz CT molecular complexity index is 551. The van der Waals surface area contributed by atoms with Crippen molar-refractivity contribution in [1.29, 1.82) is 0 Å². The highest BCUT2D eigenvalue weighted by atomic mass is 35.5. The molecule has 5 nitrogen and oxygen atoms in total. The standard InChI is InChI=1S/C11H15ClN2O3S.ClH/c1-17-9-2-3-10(12)11(6-9)18(15,16)14-5-4-8(13)7-14;/h2-3,6,8H,4-5,7,13H2,1H3;1H/t8-;/m1./s1. The minimum Gasteiger partial charge on any atom is -0.497 e. The summed E-state index contributed by atoms with van der Waals surface area (Å²) in [6, 6.07) is 4.46. The molecule has 0 aliphatic carbocycles. The number of hydrogen-bond acceptors (Lipinski definition) is 4. The van der Waals surface area contributed by atoms with Gasteiger partial charge in [0.05, 0.1) is 12.1 Å². The normalized spacial score (nSPS) is 20.1. The van der Waals surface area contributed by atoms with Crippen molar-refractivity contribution in [2.24, 2.45) is 5.73 Å². The lowest BCUT2D eigenvalue weighted by atomic mass is 10.3. The molecule has 1 atom stereocenters. The summed E-state index contributed by atoms with van der Waals surface area (Å²) in [5, 5.41) is 0.191. The van der Waals surface area contributed by atoms with Crippen molar-refractivity contribution in [3.8, 4) is 5.75 Å². The number of nitrogens with zero attached hydrogens (tertiary/aromatic N) is 1. The van der Waals surface area contributed by atoms with Gasteiger partial charge in [0.2, 0.25) is 10.0 Å². The van der Waals surface area contributed by atoms with Crippen LogP contribution in [0.5, 0.6) is 5.75 Å².